The molecule has 0 unspecified atom stereocenters. The summed E-state index contributed by atoms with van der Waals surface area (Å²) in [4.78, 5) is 10.9. The number of hydrogen-bond acceptors (Lipinski definition) is 3. The second-order valence-electron chi connectivity index (χ2n) is 4.17. The first-order chi connectivity index (χ1) is 8.06. The van der Waals surface area contributed by atoms with Crippen LogP contribution in [-0.4, -0.2) is 19.9 Å². The summed E-state index contributed by atoms with van der Waals surface area (Å²) in [6, 6.07) is 3.13. The molecule has 0 fully saturated rings. The van der Waals surface area contributed by atoms with Gasteiger partial charge in [-0.2, -0.15) is 4.72 Å². The molecule has 3 N–H and O–H groups in total. The van der Waals surface area contributed by atoms with Gasteiger partial charge in [-0.3, -0.25) is 4.79 Å². The number of halogens is 2. The normalized spacial score (nSPS) is 12.4. The van der Waals surface area contributed by atoms with E-state index in [1.165, 1.54) is 13.8 Å². The van der Waals surface area contributed by atoms with Gasteiger partial charge in [0.2, 0.25) is 15.9 Å². The van der Waals surface area contributed by atoms with Crippen LogP contribution < -0.4 is 10.5 Å². The Morgan fingerprint density at radius 2 is 2.00 bits per heavy atom. The van der Waals surface area contributed by atoms with E-state index >= 15 is 0 Å². The molecule has 0 aromatic heterocycles. The van der Waals surface area contributed by atoms with Crippen molar-refractivity contribution in [3.8, 4) is 0 Å². The molecule has 0 spiro atoms. The molecule has 1 aromatic carbocycles. The van der Waals surface area contributed by atoms with Crippen molar-refractivity contribution in [2.45, 2.75) is 24.3 Å². The van der Waals surface area contributed by atoms with E-state index in [0.717, 1.165) is 18.2 Å². The molecule has 0 aliphatic rings. The minimum atomic E-state index is -3.97. The van der Waals surface area contributed by atoms with Crippen molar-refractivity contribution in [1.82, 2.24) is 4.72 Å². The van der Waals surface area contributed by atoms with Crippen molar-refractivity contribution in [1.29, 1.82) is 0 Å². The van der Waals surface area contributed by atoms with Gasteiger partial charge in [0, 0.05) is 4.47 Å². The molecule has 0 bridgehead atoms. The number of hydrogen-bond donors (Lipinski definition) is 2. The van der Waals surface area contributed by atoms with Crippen LogP contribution in [0.4, 0.5) is 4.39 Å². The highest BCUT2D eigenvalue weighted by Gasteiger charge is 2.32. The van der Waals surface area contributed by atoms with E-state index in [4.69, 9.17) is 5.73 Å². The van der Waals surface area contributed by atoms with E-state index in [2.05, 4.69) is 20.7 Å². The van der Waals surface area contributed by atoms with Gasteiger partial charge in [0.05, 0.1) is 4.90 Å². The Labute approximate surface area is 113 Å². The molecule has 5 nitrogen and oxygen atoms in total. The van der Waals surface area contributed by atoms with E-state index in [1.54, 1.807) is 0 Å². The lowest BCUT2D eigenvalue weighted by Gasteiger charge is -2.22. The molecule has 0 aliphatic heterocycles. The molecule has 1 amide bonds. The average molecular weight is 339 g/mol. The fourth-order valence-electron chi connectivity index (χ4n) is 1.13. The average Bonchev–Trinajstić information content (AvgIpc) is 2.14. The summed E-state index contributed by atoms with van der Waals surface area (Å²) >= 11 is 2.95. The molecule has 0 atom stereocenters. The molecule has 1 aromatic rings. The number of carbonyl (C=O) groups excluding carboxylic acids is 1. The van der Waals surface area contributed by atoms with Crippen molar-refractivity contribution >= 4 is 31.9 Å². The zero-order chi connectivity index (χ0) is 14.1. The van der Waals surface area contributed by atoms with Gasteiger partial charge in [-0.05, 0) is 48.0 Å². The van der Waals surface area contributed by atoms with Crippen LogP contribution in [0.3, 0.4) is 0 Å². The fraction of sp³-hybridized carbons (Fsp3) is 0.300. The molecular weight excluding hydrogens is 327 g/mol. The molecule has 8 heteroatoms. The topological polar surface area (TPSA) is 89.3 Å². The SMILES string of the molecule is CC(C)(NS(=O)(=O)c1ccc(F)cc1Br)C(N)=O. The van der Waals surface area contributed by atoms with Gasteiger partial charge < -0.3 is 5.73 Å². The Balaban J connectivity index is 3.19. The van der Waals surface area contributed by atoms with Crippen molar-refractivity contribution in [2.75, 3.05) is 0 Å². The van der Waals surface area contributed by atoms with Gasteiger partial charge in [-0.25, -0.2) is 12.8 Å². The van der Waals surface area contributed by atoms with Gasteiger partial charge >= 0.3 is 0 Å². The number of nitrogens with one attached hydrogen (secondary N) is 1. The van der Waals surface area contributed by atoms with E-state index in [0.29, 0.717) is 0 Å². The van der Waals surface area contributed by atoms with Gasteiger partial charge in [0.25, 0.3) is 0 Å². The van der Waals surface area contributed by atoms with Crippen molar-refractivity contribution in [3.05, 3.63) is 28.5 Å². The summed E-state index contributed by atoms with van der Waals surface area (Å²) in [5.74, 6) is -1.39. The number of amides is 1. The van der Waals surface area contributed by atoms with Crippen LogP contribution in [0.25, 0.3) is 0 Å². The molecule has 0 saturated carbocycles. The molecule has 0 saturated heterocycles. The minimum Gasteiger partial charge on any atom is -0.368 e. The van der Waals surface area contributed by atoms with Crippen LogP contribution in [0.1, 0.15) is 13.8 Å². The Morgan fingerprint density at radius 1 is 1.44 bits per heavy atom. The third kappa shape index (κ3) is 3.27. The lowest BCUT2D eigenvalue weighted by atomic mass is 10.1. The lowest BCUT2D eigenvalue weighted by molar-refractivity contribution is -0.122. The van der Waals surface area contributed by atoms with Crippen LogP contribution in [0, 0.1) is 5.82 Å². The van der Waals surface area contributed by atoms with Crippen LogP contribution in [0.15, 0.2) is 27.6 Å². The first-order valence-electron chi connectivity index (χ1n) is 4.85. The predicted octanol–water partition coefficient (Wildman–Crippen LogP) is 1.13. The van der Waals surface area contributed by atoms with Crippen molar-refractivity contribution < 1.29 is 17.6 Å². The smallest absolute Gasteiger partial charge is 0.242 e. The maximum Gasteiger partial charge on any atom is 0.242 e. The number of rotatable bonds is 4. The Hall–Kier alpha value is -0.990. The number of carbonyl (C=O) groups is 1. The Morgan fingerprint density at radius 3 is 2.44 bits per heavy atom. The monoisotopic (exact) mass is 338 g/mol. The third-order valence-corrected chi connectivity index (χ3v) is 4.82. The summed E-state index contributed by atoms with van der Waals surface area (Å²) in [5, 5.41) is 0. The summed E-state index contributed by atoms with van der Waals surface area (Å²) in [6.45, 7) is 2.68. The molecule has 0 aliphatic carbocycles. The number of benzene rings is 1. The highest BCUT2D eigenvalue weighted by Crippen LogP contribution is 2.23. The van der Waals surface area contributed by atoms with E-state index in [-0.39, 0.29) is 9.37 Å². The predicted molar refractivity (Wildman–Crippen MR) is 67.7 cm³/mol. The van der Waals surface area contributed by atoms with Gasteiger partial charge in [-0.15, -0.1) is 0 Å². The maximum atomic E-state index is 12.9. The molecule has 18 heavy (non-hydrogen) atoms. The van der Waals surface area contributed by atoms with Gasteiger partial charge in [0.1, 0.15) is 11.4 Å². The van der Waals surface area contributed by atoms with Crippen LogP contribution in [-0.2, 0) is 14.8 Å². The van der Waals surface area contributed by atoms with Crippen molar-refractivity contribution in [3.63, 3.8) is 0 Å². The second-order valence-corrected chi connectivity index (χ2v) is 6.67. The zero-order valence-corrected chi connectivity index (χ0v) is 12.1. The third-order valence-electron chi connectivity index (χ3n) is 2.19. The lowest BCUT2D eigenvalue weighted by Crippen LogP contribution is -2.52. The molecular formula is C10H12BrFN2O3S. The molecule has 0 radical (unpaired) electrons. The highest BCUT2D eigenvalue weighted by atomic mass is 79.9. The molecule has 100 valence electrons. The summed E-state index contributed by atoms with van der Waals surface area (Å²) < 4.78 is 39.1. The highest BCUT2D eigenvalue weighted by molar-refractivity contribution is 9.10. The molecule has 0 heterocycles. The fourth-order valence-corrected chi connectivity index (χ4v) is 3.57. The Bertz CT molecular complexity index is 587. The quantitative estimate of drug-likeness (QED) is 0.862. The molecule has 1 rings (SSSR count). The van der Waals surface area contributed by atoms with Crippen LogP contribution >= 0.6 is 15.9 Å². The summed E-state index contributed by atoms with van der Waals surface area (Å²) in [5.41, 5.74) is 3.64. The van der Waals surface area contributed by atoms with Gasteiger partial charge in [0.15, 0.2) is 0 Å². The van der Waals surface area contributed by atoms with Crippen LogP contribution in [0.5, 0.6) is 0 Å². The first kappa shape index (κ1) is 15.1. The van der Waals surface area contributed by atoms with E-state index in [1.807, 2.05) is 0 Å². The summed E-state index contributed by atoms with van der Waals surface area (Å²) in [6.07, 6.45) is 0. The first-order valence-corrected chi connectivity index (χ1v) is 7.13. The Kier molecular flexibility index (Phi) is 4.14. The second kappa shape index (κ2) is 4.94. The number of sulfonamides is 1. The van der Waals surface area contributed by atoms with E-state index in [9.17, 15) is 17.6 Å². The maximum absolute atomic E-state index is 12.9. The largest absolute Gasteiger partial charge is 0.368 e. The number of nitrogens with two attached hydrogens (primary N) is 1. The zero-order valence-electron chi connectivity index (χ0n) is 9.70. The van der Waals surface area contributed by atoms with Crippen LogP contribution in [0.2, 0.25) is 0 Å². The minimum absolute atomic E-state index is 0.0651. The van der Waals surface area contributed by atoms with Gasteiger partial charge in [-0.1, -0.05) is 0 Å². The van der Waals surface area contributed by atoms with E-state index < -0.39 is 27.3 Å². The standard InChI is InChI=1S/C10H12BrFN2O3S/c1-10(2,9(13)15)14-18(16,17)8-4-3-6(12)5-7(8)11/h3-5,14H,1-2H3,(H2,13,15). The number of primary amides is 1. The van der Waals surface area contributed by atoms with Crippen molar-refractivity contribution in [2.24, 2.45) is 5.73 Å². The summed E-state index contributed by atoms with van der Waals surface area (Å²) in [7, 11) is -3.97.